The molecule has 1 aromatic carbocycles. The Bertz CT molecular complexity index is 736. The smallest absolute Gasteiger partial charge is 0.224 e. The molecule has 4 nitrogen and oxygen atoms in total. The van der Waals surface area contributed by atoms with E-state index in [1.54, 1.807) is 0 Å². The highest BCUT2D eigenvalue weighted by molar-refractivity contribution is 6.34. The Morgan fingerprint density at radius 1 is 1.07 bits per heavy atom. The summed E-state index contributed by atoms with van der Waals surface area (Å²) in [5.41, 5.74) is 2.16. The predicted molar refractivity (Wildman–Crippen MR) is 120 cm³/mol. The van der Waals surface area contributed by atoms with Gasteiger partial charge in [-0.15, -0.1) is 0 Å². The van der Waals surface area contributed by atoms with E-state index in [2.05, 4.69) is 22.0 Å². The van der Waals surface area contributed by atoms with Gasteiger partial charge in [0.25, 0.3) is 0 Å². The number of rotatable bonds is 5. The molecule has 1 heterocycles. The number of para-hydroxylation sites is 1. The minimum absolute atomic E-state index is 0.183. The molecule has 1 amide bonds. The van der Waals surface area contributed by atoms with E-state index >= 15 is 0 Å². The van der Waals surface area contributed by atoms with E-state index in [1.165, 1.54) is 38.5 Å². The Kier molecular flexibility index (Phi) is 5.28. The monoisotopic (exact) mass is 415 g/mol. The van der Waals surface area contributed by atoms with Gasteiger partial charge in [-0.2, -0.15) is 0 Å². The molecule has 158 valence electrons. The van der Waals surface area contributed by atoms with E-state index in [-0.39, 0.29) is 11.3 Å². The largest absolute Gasteiger partial charge is 0.366 e. The van der Waals surface area contributed by atoms with Crippen molar-refractivity contribution in [1.29, 1.82) is 0 Å². The van der Waals surface area contributed by atoms with Crippen LogP contribution >= 0.6 is 11.6 Å². The Balaban J connectivity index is 1.29. The average molecular weight is 416 g/mol. The molecule has 4 aliphatic carbocycles. The number of hydrogen-bond acceptors (Lipinski definition) is 3. The van der Waals surface area contributed by atoms with E-state index in [9.17, 15) is 4.79 Å². The van der Waals surface area contributed by atoms with E-state index in [1.807, 2.05) is 18.2 Å². The zero-order valence-corrected chi connectivity index (χ0v) is 18.4. The molecular formula is C24H34ClN3O. The van der Waals surface area contributed by atoms with E-state index in [0.29, 0.717) is 6.42 Å². The van der Waals surface area contributed by atoms with Gasteiger partial charge in [-0.05, 0) is 80.4 Å². The van der Waals surface area contributed by atoms with Crippen LogP contribution in [0.4, 0.5) is 11.4 Å². The van der Waals surface area contributed by atoms with Gasteiger partial charge in [-0.3, -0.25) is 4.79 Å². The molecule has 29 heavy (non-hydrogen) atoms. The number of anilines is 2. The summed E-state index contributed by atoms with van der Waals surface area (Å²) in [4.78, 5) is 18.0. The molecule has 5 heteroatoms. The van der Waals surface area contributed by atoms with Gasteiger partial charge in [0, 0.05) is 32.6 Å². The topological polar surface area (TPSA) is 35.6 Å². The lowest BCUT2D eigenvalue weighted by Gasteiger charge is -2.56. The van der Waals surface area contributed by atoms with Gasteiger partial charge in [0.15, 0.2) is 0 Å². The maximum absolute atomic E-state index is 13.2. The average Bonchev–Trinajstić information content (AvgIpc) is 2.67. The van der Waals surface area contributed by atoms with Crippen molar-refractivity contribution in [3.63, 3.8) is 0 Å². The van der Waals surface area contributed by atoms with Crippen LogP contribution in [0.2, 0.25) is 5.02 Å². The zero-order valence-electron chi connectivity index (χ0n) is 17.6. The summed E-state index contributed by atoms with van der Waals surface area (Å²) in [5, 5.41) is 4.01. The predicted octanol–water partition coefficient (Wildman–Crippen LogP) is 5.03. The number of piperazine rings is 1. The van der Waals surface area contributed by atoms with Crippen LogP contribution in [0, 0.1) is 23.2 Å². The molecular weight excluding hydrogens is 382 g/mol. The Morgan fingerprint density at radius 2 is 1.69 bits per heavy atom. The summed E-state index contributed by atoms with van der Waals surface area (Å²) in [6, 6.07) is 5.91. The number of nitrogens with zero attached hydrogens (tertiary/aromatic N) is 2. The first kappa shape index (κ1) is 19.7. The number of likely N-dealkylation sites (N-methyl/N-ethyl adjacent to an activating group) is 1. The van der Waals surface area contributed by atoms with Gasteiger partial charge in [-0.25, -0.2) is 0 Å². The molecule has 5 fully saturated rings. The van der Waals surface area contributed by atoms with Gasteiger partial charge in [0.05, 0.1) is 16.4 Å². The van der Waals surface area contributed by atoms with Crippen LogP contribution < -0.4 is 10.2 Å². The highest BCUT2D eigenvalue weighted by Crippen LogP contribution is 2.61. The SMILES string of the molecule is CCN1CCN(c2c(Cl)cccc2NC(=O)CC23CC4CC(CC(C4)C2)C3)CC1. The van der Waals surface area contributed by atoms with Crippen molar-refractivity contribution >= 4 is 28.9 Å². The molecule has 5 aliphatic rings. The number of benzene rings is 1. The number of hydrogen-bond donors (Lipinski definition) is 1. The van der Waals surface area contributed by atoms with Gasteiger partial charge >= 0.3 is 0 Å². The second kappa shape index (κ2) is 7.77. The normalized spacial score (nSPS) is 33.9. The minimum atomic E-state index is 0.183. The summed E-state index contributed by atoms with van der Waals surface area (Å²) >= 11 is 6.61. The zero-order chi connectivity index (χ0) is 20.0. The van der Waals surface area contributed by atoms with Crippen molar-refractivity contribution in [3.8, 4) is 0 Å². The number of carbonyl (C=O) groups excluding carboxylic acids is 1. The Labute approximate surface area is 180 Å². The molecule has 0 aromatic heterocycles. The van der Waals surface area contributed by atoms with Gasteiger partial charge in [0.2, 0.25) is 5.91 Å². The summed E-state index contributed by atoms with van der Waals surface area (Å²) in [6.07, 6.45) is 8.76. The number of amides is 1. The Morgan fingerprint density at radius 3 is 2.28 bits per heavy atom. The van der Waals surface area contributed by atoms with Crippen molar-refractivity contribution in [1.82, 2.24) is 4.90 Å². The number of carbonyl (C=O) groups is 1. The molecule has 6 rings (SSSR count). The highest BCUT2D eigenvalue weighted by Gasteiger charge is 2.51. The van der Waals surface area contributed by atoms with Crippen LogP contribution in [0.5, 0.6) is 0 Å². The fourth-order valence-corrected chi connectivity index (χ4v) is 7.56. The summed E-state index contributed by atoms with van der Waals surface area (Å²) in [7, 11) is 0. The van der Waals surface area contributed by atoms with Crippen LogP contribution in [-0.2, 0) is 4.79 Å². The minimum Gasteiger partial charge on any atom is -0.366 e. The van der Waals surface area contributed by atoms with Crippen LogP contribution in [0.3, 0.4) is 0 Å². The van der Waals surface area contributed by atoms with E-state index < -0.39 is 0 Å². The molecule has 4 bridgehead atoms. The third kappa shape index (κ3) is 3.90. The summed E-state index contributed by atoms with van der Waals surface area (Å²) < 4.78 is 0. The van der Waals surface area contributed by atoms with Crippen molar-refractivity contribution in [2.24, 2.45) is 23.2 Å². The fraction of sp³-hybridized carbons (Fsp3) is 0.708. The first-order valence-corrected chi connectivity index (χ1v) is 12.0. The third-order valence-electron chi connectivity index (χ3n) is 8.10. The Hall–Kier alpha value is -1.26. The fourth-order valence-electron chi connectivity index (χ4n) is 7.27. The van der Waals surface area contributed by atoms with Crippen molar-refractivity contribution in [3.05, 3.63) is 23.2 Å². The highest BCUT2D eigenvalue weighted by atomic mass is 35.5. The first-order valence-electron chi connectivity index (χ1n) is 11.6. The quantitative estimate of drug-likeness (QED) is 0.732. The van der Waals surface area contributed by atoms with Crippen molar-refractivity contribution in [2.75, 3.05) is 42.9 Å². The van der Waals surface area contributed by atoms with Gasteiger partial charge in [0.1, 0.15) is 0 Å². The van der Waals surface area contributed by atoms with Crippen LogP contribution in [-0.4, -0.2) is 43.5 Å². The van der Waals surface area contributed by atoms with E-state index in [4.69, 9.17) is 11.6 Å². The molecule has 1 N–H and O–H groups in total. The van der Waals surface area contributed by atoms with Crippen molar-refractivity contribution < 1.29 is 4.79 Å². The molecule has 1 aliphatic heterocycles. The molecule has 4 saturated carbocycles. The summed E-state index contributed by atoms with van der Waals surface area (Å²) in [5.74, 6) is 2.82. The van der Waals surface area contributed by atoms with Crippen LogP contribution in [0.1, 0.15) is 51.9 Å². The maximum Gasteiger partial charge on any atom is 0.224 e. The second-order valence-corrected chi connectivity index (χ2v) is 10.6. The molecule has 0 spiro atoms. The van der Waals surface area contributed by atoms with Crippen LogP contribution in [0.15, 0.2) is 18.2 Å². The third-order valence-corrected chi connectivity index (χ3v) is 8.40. The second-order valence-electron chi connectivity index (χ2n) is 10.2. The van der Waals surface area contributed by atoms with Crippen LogP contribution in [0.25, 0.3) is 0 Å². The lowest BCUT2D eigenvalue weighted by molar-refractivity contribution is -0.124. The molecule has 0 atom stereocenters. The molecule has 1 saturated heterocycles. The molecule has 0 radical (unpaired) electrons. The molecule has 1 aromatic rings. The lowest BCUT2D eigenvalue weighted by atomic mass is 9.49. The summed E-state index contributed by atoms with van der Waals surface area (Å²) in [6.45, 7) is 7.29. The van der Waals surface area contributed by atoms with E-state index in [0.717, 1.165) is 66.9 Å². The standard InChI is InChI=1S/C24H34ClN3O/c1-2-27-6-8-28(9-7-27)23-20(25)4-3-5-21(23)26-22(29)16-24-13-17-10-18(14-24)12-19(11-17)15-24/h3-5,17-19H,2,6-16H2,1H3,(H,26,29). The first-order chi connectivity index (χ1) is 14.0. The number of nitrogens with one attached hydrogen (secondary N) is 1. The lowest BCUT2D eigenvalue weighted by Crippen LogP contribution is -2.47. The maximum atomic E-state index is 13.2. The van der Waals surface area contributed by atoms with Crippen molar-refractivity contribution in [2.45, 2.75) is 51.9 Å². The van der Waals surface area contributed by atoms with Gasteiger partial charge in [-0.1, -0.05) is 24.6 Å². The van der Waals surface area contributed by atoms with Gasteiger partial charge < -0.3 is 15.1 Å². The molecule has 0 unspecified atom stereocenters. The number of halogens is 1.